The van der Waals surface area contributed by atoms with E-state index in [0.29, 0.717) is 12.3 Å². The van der Waals surface area contributed by atoms with Crippen LogP contribution in [0.1, 0.15) is 33.7 Å². The van der Waals surface area contributed by atoms with Crippen LogP contribution in [0.25, 0.3) is 5.65 Å². The molecule has 120 valence electrons. The first-order valence-electron chi connectivity index (χ1n) is 7.65. The number of ether oxygens (including phenoxy) is 1. The number of hydrogen-bond donors (Lipinski definition) is 0. The lowest BCUT2D eigenvalue weighted by Gasteiger charge is -2.06. The Kier molecular flexibility index (Phi) is 4.14. The van der Waals surface area contributed by atoms with Crippen LogP contribution in [-0.2, 0) is 18.2 Å². The van der Waals surface area contributed by atoms with Gasteiger partial charge in [-0.3, -0.25) is 0 Å². The van der Waals surface area contributed by atoms with Crippen LogP contribution in [0.15, 0.2) is 30.7 Å². The second-order valence-corrected chi connectivity index (χ2v) is 5.68. The molecule has 0 aliphatic rings. The van der Waals surface area contributed by atoms with Crippen molar-refractivity contribution in [3.05, 3.63) is 53.2 Å². The average Bonchev–Trinajstić information content (AvgIpc) is 3.08. The monoisotopic (exact) mass is 312 g/mol. The van der Waals surface area contributed by atoms with Gasteiger partial charge in [0.25, 0.3) is 0 Å². The van der Waals surface area contributed by atoms with Gasteiger partial charge in [-0.1, -0.05) is 0 Å². The summed E-state index contributed by atoms with van der Waals surface area (Å²) in [6.45, 7) is 4.39. The maximum Gasteiger partial charge on any atom is 0.354 e. The third-order valence-electron chi connectivity index (χ3n) is 3.99. The second kappa shape index (κ2) is 6.24. The third kappa shape index (κ3) is 3.11. The minimum Gasteiger partial charge on any atom is -0.461 e. The van der Waals surface area contributed by atoms with Gasteiger partial charge < -0.3 is 9.30 Å². The first-order chi connectivity index (χ1) is 11.1. The van der Waals surface area contributed by atoms with Crippen LogP contribution >= 0.6 is 0 Å². The molecule has 0 saturated heterocycles. The van der Waals surface area contributed by atoms with Crippen LogP contribution in [0.4, 0.5) is 0 Å². The smallest absolute Gasteiger partial charge is 0.354 e. The SMILES string of the molecule is Cc1nn2cc(CCCOC(=O)c3cccn3C)cnc2c1C. The summed E-state index contributed by atoms with van der Waals surface area (Å²) < 4.78 is 8.87. The number of fused-ring (bicyclic) bond motifs is 1. The number of carbonyl (C=O) groups is 1. The third-order valence-corrected chi connectivity index (χ3v) is 3.99. The van der Waals surface area contributed by atoms with E-state index >= 15 is 0 Å². The average molecular weight is 312 g/mol. The fourth-order valence-corrected chi connectivity index (χ4v) is 2.52. The van der Waals surface area contributed by atoms with E-state index in [1.165, 1.54) is 0 Å². The Bertz CT molecular complexity index is 848. The molecule has 0 amide bonds. The topological polar surface area (TPSA) is 61.4 Å². The quantitative estimate of drug-likeness (QED) is 0.536. The van der Waals surface area contributed by atoms with Gasteiger partial charge in [0.1, 0.15) is 5.69 Å². The Hall–Kier alpha value is -2.63. The summed E-state index contributed by atoms with van der Waals surface area (Å²) in [5.41, 5.74) is 4.63. The lowest BCUT2D eigenvalue weighted by Crippen LogP contribution is -2.11. The van der Waals surface area contributed by atoms with Crippen molar-refractivity contribution in [3.63, 3.8) is 0 Å². The zero-order valence-corrected chi connectivity index (χ0v) is 13.6. The van der Waals surface area contributed by atoms with Crippen molar-refractivity contribution in [3.8, 4) is 0 Å². The van der Waals surface area contributed by atoms with E-state index in [1.54, 1.807) is 10.6 Å². The molecule has 0 bridgehead atoms. The highest BCUT2D eigenvalue weighted by Gasteiger charge is 2.10. The van der Waals surface area contributed by atoms with E-state index in [2.05, 4.69) is 10.1 Å². The zero-order valence-electron chi connectivity index (χ0n) is 13.6. The van der Waals surface area contributed by atoms with Crippen molar-refractivity contribution in [1.29, 1.82) is 0 Å². The predicted molar refractivity (Wildman–Crippen MR) is 86.5 cm³/mol. The van der Waals surface area contributed by atoms with Gasteiger partial charge in [-0.05, 0) is 44.4 Å². The van der Waals surface area contributed by atoms with Crippen molar-refractivity contribution in [2.45, 2.75) is 26.7 Å². The summed E-state index contributed by atoms with van der Waals surface area (Å²) >= 11 is 0. The van der Waals surface area contributed by atoms with E-state index in [1.807, 2.05) is 50.1 Å². The van der Waals surface area contributed by atoms with Crippen molar-refractivity contribution in [2.75, 3.05) is 6.61 Å². The van der Waals surface area contributed by atoms with E-state index < -0.39 is 0 Å². The summed E-state index contributed by atoms with van der Waals surface area (Å²) in [6, 6.07) is 3.58. The number of aromatic nitrogens is 4. The van der Waals surface area contributed by atoms with Gasteiger partial charge in [0.15, 0.2) is 5.65 Å². The van der Waals surface area contributed by atoms with E-state index in [9.17, 15) is 4.79 Å². The molecule has 6 nitrogen and oxygen atoms in total. The zero-order chi connectivity index (χ0) is 16.4. The molecule has 3 aromatic heterocycles. The normalized spacial score (nSPS) is 11.1. The molecule has 23 heavy (non-hydrogen) atoms. The van der Waals surface area contributed by atoms with Gasteiger partial charge in [-0.2, -0.15) is 5.10 Å². The molecule has 3 aromatic rings. The molecular formula is C17H20N4O2. The van der Waals surface area contributed by atoms with Gasteiger partial charge in [0.05, 0.1) is 12.3 Å². The minimum absolute atomic E-state index is 0.288. The number of carbonyl (C=O) groups excluding carboxylic acids is 1. The van der Waals surface area contributed by atoms with Crippen molar-refractivity contribution in [2.24, 2.45) is 7.05 Å². The highest BCUT2D eigenvalue weighted by Crippen LogP contribution is 2.13. The summed E-state index contributed by atoms with van der Waals surface area (Å²) in [5, 5.41) is 4.44. The highest BCUT2D eigenvalue weighted by molar-refractivity contribution is 5.87. The molecule has 3 heterocycles. The molecule has 3 rings (SSSR count). The van der Waals surface area contributed by atoms with Crippen molar-refractivity contribution >= 4 is 11.6 Å². The number of aryl methyl sites for hydroxylation is 4. The molecule has 0 spiro atoms. The Balaban J connectivity index is 1.55. The predicted octanol–water partition coefficient (Wildman–Crippen LogP) is 2.47. The first kappa shape index (κ1) is 15.3. The van der Waals surface area contributed by atoms with Gasteiger partial charge in [0, 0.05) is 31.2 Å². The molecule has 0 aliphatic carbocycles. The summed E-state index contributed by atoms with van der Waals surface area (Å²) in [5.74, 6) is -0.288. The van der Waals surface area contributed by atoms with Gasteiger partial charge in [0.2, 0.25) is 0 Å². The fourth-order valence-electron chi connectivity index (χ4n) is 2.52. The molecule has 0 fully saturated rings. The number of hydrogen-bond acceptors (Lipinski definition) is 4. The summed E-state index contributed by atoms with van der Waals surface area (Å²) in [6.07, 6.45) is 7.22. The van der Waals surface area contributed by atoms with Crippen LogP contribution in [0.3, 0.4) is 0 Å². The molecule has 0 atom stereocenters. The van der Waals surface area contributed by atoms with Crippen LogP contribution in [0.5, 0.6) is 0 Å². The Morgan fingerprint density at radius 2 is 2.17 bits per heavy atom. The maximum atomic E-state index is 11.9. The lowest BCUT2D eigenvalue weighted by molar-refractivity contribution is 0.0489. The Labute approximate surface area is 134 Å². The van der Waals surface area contributed by atoms with Gasteiger partial charge in [-0.25, -0.2) is 14.3 Å². The van der Waals surface area contributed by atoms with Crippen molar-refractivity contribution in [1.82, 2.24) is 19.2 Å². The maximum absolute atomic E-state index is 11.9. The van der Waals surface area contributed by atoms with Gasteiger partial charge in [-0.15, -0.1) is 0 Å². The first-order valence-corrected chi connectivity index (χ1v) is 7.65. The molecular weight excluding hydrogens is 292 g/mol. The van der Waals surface area contributed by atoms with Crippen molar-refractivity contribution < 1.29 is 9.53 Å². The number of nitrogens with zero attached hydrogens (tertiary/aromatic N) is 4. The number of rotatable bonds is 5. The highest BCUT2D eigenvalue weighted by atomic mass is 16.5. The van der Waals surface area contributed by atoms with E-state index in [0.717, 1.165) is 35.3 Å². The van der Waals surface area contributed by atoms with Gasteiger partial charge >= 0.3 is 5.97 Å². The second-order valence-electron chi connectivity index (χ2n) is 5.68. The summed E-state index contributed by atoms with van der Waals surface area (Å²) in [4.78, 5) is 16.3. The molecule has 0 saturated carbocycles. The molecule has 0 unspecified atom stereocenters. The molecule has 0 aromatic carbocycles. The molecule has 0 radical (unpaired) electrons. The van der Waals surface area contributed by atoms with E-state index in [-0.39, 0.29) is 5.97 Å². The fraction of sp³-hybridized carbons (Fsp3) is 0.353. The van der Waals surface area contributed by atoms with Crippen LogP contribution in [0, 0.1) is 13.8 Å². The molecule has 0 N–H and O–H groups in total. The summed E-state index contributed by atoms with van der Waals surface area (Å²) in [7, 11) is 1.82. The molecule has 6 heteroatoms. The van der Waals surface area contributed by atoms with Crippen LogP contribution in [-0.4, -0.2) is 31.7 Å². The molecule has 0 aliphatic heterocycles. The largest absolute Gasteiger partial charge is 0.461 e. The minimum atomic E-state index is -0.288. The standard InChI is InChI=1S/C17H20N4O2/c1-12-13(2)19-21-11-14(10-18-16(12)21)6-5-9-23-17(22)15-7-4-8-20(15)3/h4,7-8,10-11H,5-6,9H2,1-3H3. The van der Waals surface area contributed by atoms with Crippen LogP contribution in [0.2, 0.25) is 0 Å². The number of esters is 1. The Morgan fingerprint density at radius 1 is 1.35 bits per heavy atom. The Morgan fingerprint density at radius 3 is 2.91 bits per heavy atom. The lowest BCUT2D eigenvalue weighted by atomic mass is 10.2. The van der Waals surface area contributed by atoms with E-state index in [4.69, 9.17) is 4.74 Å². The van der Waals surface area contributed by atoms with Crippen LogP contribution < -0.4 is 0 Å².